The molecular formula is C16H22N2O3. The summed E-state index contributed by atoms with van der Waals surface area (Å²) < 4.78 is 0. The molecule has 5 nitrogen and oxygen atoms in total. The first-order valence-electron chi connectivity index (χ1n) is 7.44. The summed E-state index contributed by atoms with van der Waals surface area (Å²) in [5.41, 5.74) is 1.60. The Kier molecular flexibility index (Phi) is 5.75. The van der Waals surface area contributed by atoms with E-state index < -0.39 is 5.97 Å². The van der Waals surface area contributed by atoms with E-state index in [1.54, 1.807) is 6.07 Å². The van der Waals surface area contributed by atoms with Crippen molar-refractivity contribution in [3.05, 3.63) is 35.4 Å². The second-order valence-electron chi connectivity index (χ2n) is 5.48. The van der Waals surface area contributed by atoms with Crippen molar-refractivity contribution in [1.82, 2.24) is 10.6 Å². The van der Waals surface area contributed by atoms with Crippen molar-refractivity contribution >= 4 is 11.9 Å². The van der Waals surface area contributed by atoms with Crippen LogP contribution in [-0.2, 0) is 22.6 Å². The maximum Gasteiger partial charge on any atom is 0.307 e. The third-order valence-corrected chi connectivity index (χ3v) is 3.84. The van der Waals surface area contributed by atoms with Crippen LogP contribution >= 0.6 is 0 Å². The first-order valence-corrected chi connectivity index (χ1v) is 7.44. The number of carbonyl (C=O) groups is 2. The molecule has 1 saturated carbocycles. The van der Waals surface area contributed by atoms with Crippen LogP contribution in [0.4, 0.5) is 0 Å². The number of hydrogen-bond donors (Lipinski definition) is 3. The van der Waals surface area contributed by atoms with E-state index in [1.807, 2.05) is 18.2 Å². The van der Waals surface area contributed by atoms with Crippen LogP contribution < -0.4 is 10.6 Å². The zero-order chi connectivity index (χ0) is 15.1. The van der Waals surface area contributed by atoms with Gasteiger partial charge in [0, 0.05) is 12.6 Å². The molecule has 0 saturated heterocycles. The molecule has 1 aliphatic carbocycles. The van der Waals surface area contributed by atoms with Crippen molar-refractivity contribution in [2.75, 3.05) is 6.54 Å². The third kappa shape index (κ3) is 5.19. The molecule has 0 aromatic heterocycles. The summed E-state index contributed by atoms with van der Waals surface area (Å²) in [7, 11) is 0. The summed E-state index contributed by atoms with van der Waals surface area (Å²) in [6.45, 7) is 0.695. The Labute approximate surface area is 124 Å². The molecule has 0 aliphatic heterocycles. The predicted molar refractivity (Wildman–Crippen MR) is 79.9 cm³/mol. The number of hydrogen-bond acceptors (Lipinski definition) is 3. The zero-order valence-corrected chi connectivity index (χ0v) is 12.1. The van der Waals surface area contributed by atoms with E-state index in [1.165, 1.54) is 12.8 Å². The van der Waals surface area contributed by atoms with Crippen molar-refractivity contribution in [2.45, 2.75) is 44.7 Å². The highest BCUT2D eigenvalue weighted by molar-refractivity contribution is 5.78. The number of rotatable bonds is 7. The SMILES string of the molecule is O=C(O)Cc1ccccc1CNC(=O)CNC1CCCC1. The quantitative estimate of drug-likeness (QED) is 0.710. The first kappa shape index (κ1) is 15.5. The normalized spacial score (nSPS) is 15.0. The van der Waals surface area contributed by atoms with Crippen molar-refractivity contribution in [2.24, 2.45) is 0 Å². The fourth-order valence-electron chi connectivity index (χ4n) is 2.69. The third-order valence-electron chi connectivity index (χ3n) is 3.84. The van der Waals surface area contributed by atoms with Crippen LogP contribution in [0.5, 0.6) is 0 Å². The van der Waals surface area contributed by atoms with Gasteiger partial charge in [-0.1, -0.05) is 37.1 Å². The van der Waals surface area contributed by atoms with Crippen LogP contribution in [0.2, 0.25) is 0 Å². The number of benzene rings is 1. The molecule has 0 bridgehead atoms. The topological polar surface area (TPSA) is 78.4 Å². The van der Waals surface area contributed by atoms with Crippen LogP contribution in [0.25, 0.3) is 0 Å². The van der Waals surface area contributed by atoms with Gasteiger partial charge >= 0.3 is 5.97 Å². The summed E-state index contributed by atoms with van der Waals surface area (Å²) in [6, 6.07) is 7.76. The van der Waals surface area contributed by atoms with Gasteiger partial charge in [-0.05, 0) is 24.0 Å². The van der Waals surface area contributed by atoms with Crippen molar-refractivity contribution in [1.29, 1.82) is 0 Å². The van der Waals surface area contributed by atoms with Crippen LogP contribution in [0.3, 0.4) is 0 Å². The molecule has 0 unspecified atom stereocenters. The van der Waals surface area contributed by atoms with Gasteiger partial charge in [0.15, 0.2) is 0 Å². The molecule has 1 aromatic rings. The van der Waals surface area contributed by atoms with Gasteiger partial charge in [-0.15, -0.1) is 0 Å². The van der Waals surface area contributed by atoms with Crippen LogP contribution in [0.1, 0.15) is 36.8 Å². The second kappa shape index (κ2) is 7.78. The first-order chi connectivity index (χ1) is 10.1. The lowest BCUT2D eigenvalue weighted by atomic mass is 10.0. The lowest BCUT2D eigenvalue weighted by Crippen LogP contribution is -2.37. The molecule has 1 fully saturated rings. The highest BCUT2D eigenvalue weighted by Crippen LogP contribution is 2.17. The summed E-state index contributed by atoms with van der Waals surface area (Å²) in [5, 5.41) is 15.0. The van der Waals surface area contributed by atoms with Crippen LogP contribution in [-0.4, -0.2) is 29.6 Å². The number of carboxylic acids is 1. The Morgan fingerprint density at radius 1 is 1.14 bits per heavy atom. The average Bonchev–Trinajstić information content (AvgIpc) is 2.97. The van der Waals surface area contributed by atoms with E-state index in [9.17, 15) is 9.59 Å². The van der Waals surface area contributed by atoms with Gasteiger partial charge in [-0.2, -0.15) is 0 Å². The molecule has 0 heterocycles. The molecular weight excluding hydrogens is 268 g/mol. The minimum absolute atomic E-state index is 0.0215. The molecule has 1 amide bonds. The van der Waals surface area contributed by atoms with E-state index in [-0.39, 0.29) is 12.3 Å². The van der Waals surface area contributed by atoms with E-state index >= 15 is 0 Å². The van der Waals surface area contributed by atoms with Crippen LogP contribution in [0, 0.1) is 0 Å². The molecule has 1 aliphatic rings. The van der Waals surface area contributed by atoms with E-state index in [2.05, 4.69) is 10.6 Å². The standard InChI is InChI=1S/C16H22N2O3/c19-15(11-17-14-7-3-4-8-14)18-10-13-6-2-1-5-12(13)9-16(20)21/h1-2,5-6,14,17H,3-4,7-11H2,(H,18,19)(H,20,21). The molecule has 2 rings (SSSR count). The summed E-state index contributed by atoms with van der Waals surface area (Å²) >= 11 is 0. The minimum Gasteiger partial charge on any atom is -0.481 e. The average molecular weight is 290 g/mol. The fraction of sp³-hybridized carbons (Fsp3) is 0.500. The fourth-order valence-corrected chi connectivity index (χ4v) is 2.69. The molecule has 0 spiro atoms. The zero-order valence-electron chi connectivity index (χ0n) is 12.1. The number of carbonyl (C=O) groups excluding carboxylic acids is 1. The lowest BCUT2D eigenvalue weighted by Gasteiger charge is -2.13. The molecule has 0 atom stereocenters. The van der Waals surface area contributed by atoms with Gasteiger partial charge in [0.1, 0.15) is 0 Å². The van der Waals surface area contributed by atoms with Gasteiger partial charge in [-0.3, -0.25) is 9.59 Å². The number of aliphatic carboxylic acids is 1. The lowest BCUT2D eigenvalue weighted by molar-refractivity contribution is -0.136. The Morgan fingerprint density at radius 3 is 2.48 bits per heavy atom. The van der Waals surface area contributed by atoms with Gasteiger partial charge in [0.25, 0.3) is 0 Å². The maximum atomic E-state index is 11.8. The Bertz CT molecular complexity index is 496. The maximum absolute atomic E-state index is 11.8. The molecule has 1 aromatic carbocycles. The van der Waals surface area contributed by atoms with Crippen molar-refractivity contribution in [3.63, 3.8) is 0 Å². The number of nitrogens with one attached hydrogen (secondary N) is 2. The largest absolute Gasteiger partial charge is 0.481 e. The highest BCUT2D eigenvalue weighted by Gasteiger charge is 2.15. The molecule has 114 valence electrons. The van der Waals surface area contributed by atoms with E-state index in [0.29, 0.717) is 19.1 Å². The Hall–Kier alpha value is -1.88. The smallest absolute Gasteiger partial charge is 0.307 e. The number of amides is 1. The van der Waals surface area contributed by atoms with Gasteiger partial charge in [0.05, 0.1) is 13.0 Å². The van der Waals surface area contributed by atoms with E-state index in [0.717, 1.165) is 24.0 Å². The van der Waals surface area contributed by atoms with Gasteiger partial charge < -0.3 is 15.7 Å². The van der Waals surface area contributed by atoms with Crippen molar-refractivity contribution < 1.29 is 14.7 Å². The molecule has 0 radical (unpaired) electrons. The summed E-state index contributed by atoms with van der Waals surface area (Å²) in [5.74, 6) is -0.913. The number of carboxylic acid groups (broad SMARTS) is 1. The van der Waals surface area contributed by atoms with Gasteiger partial charge in [-0.25, -0.2) is 0 Å². The minimum atomic E-state index is -0.864. The molecule has 21 heavy (non-hydrogen) atoms. The Morgan fingerprint density at radius 2 is 1.81 bits per heavy atom. The summed E-state index contributed by atoms with van der Waals surface area (Å²) in [4.78, 5) is 22.6. The Balaban J connectivity index is 1.79. The van der Waals surface area contributed by atoms with Crippen molar-refractivity contribution in [3.8, 4) is 0 Å². The molecule has 5 heteroatoms. The summed E-state index contributed by atoms with van der Waals surface area (Å²) in [6.07, 6.45) is 4.75. The molecule has 3 N–H and O–H groups in total. The second-order valence-corrected chi connectivity index (χ2v) is 5.48. The van der Waals surface area contributed by atoms with Crippen LogP contribution in [0.15, 0.2) is 24.3 Å². The van der Waals surface area contributed by atoms with Gasteiger partial charge in [0.2, 0.25) is 5.91 Å². The predicted octanol–water partition coefficient (Wildman–Crippen LogP) is 1.46. The highest BCUT2D eigenvalue weighted by atomic mass is 16.4. The monoisotopic (exact) mass is 290 g/mol. The van der Waals surface area contributed by atoms with E-state index in [4.69, 9.17) is 5.11 Å².